The van der Waals surface area contributed by atoms with Gasteiger partial charge in [0.2, 0.25) is 0 Å². The van der Waals surface area contributed by atoms with E-state index in [1.807, 2.05) is 12.1 Å². The minimum atomic E-state index is 0.0438. The highest BCUT2D eigenvalue weighted by molar-refractivity contribution is 5.84. The molecule has 122 valence electrons. The predicted molar refractivity (Wildman–Crippen MR) is 92.8 cm³/mol. The van der Waals surface area contributed by atoms with Gasteiger partial charge in [-0.1, -0.05) is 19.1 Å². The molecule has 0 amide bonds. The summed E-state index contributed by atoms with van der Waals surface area (Å²) in [6.45, 7) is 3.75. The fourth-order valence-electron chi connectivity index (χ4n) is 2.99. The summed E-state index contributed by atoms with van der Waals surface area (Å²) in [6, 6.07) is 9.05. The maximum absolute atomic E-state index is 9.90. The van der Waals surface area contributed by atoms with E-state index < -0.39 is 0 Å². The number of aromatic nitrogens is 1. The molecule has 0 spiro atoms. The van der Waals surface area contributed by atoms with Gasteiger partial charge in [-0.2, -0.15) is 0 Å². The average Bonchev–Trinajstić information content (AvgIpc) is 2.90. The Bertz CT molecular complexity index is 728. The Labute approximate surface area is 136 Å². The summed E-state index contributed by atoms with van der Waals surface area (Å²) in [4.78, 5) is 3.29. The molecule has 0 atom stereocenters. The van der Waals surface area contributed by atoms with Crippen molar-refractivity contribution >= 4 is 17.6 Å². The first-order valence-corrected chi connectivity index (χ1v) is 7.82. The van der Waals surface area contributed by atoms with Crippen LogP contribution in [0.25, 0.3) is 11.8 Å². The van der Waals surface area contributed by atoms with Gasteiger partial charge in [0.15, 0.2) is 0 Å². The first-order chi connectivity index (χ1) is 11.0. The Kier molecular flexibility index (Phi) is 4.05. The number of nitrogens with one attached hydrogen (secondary N) is 1. The Balaban J connectivity index is 1.92. The van der Waals surface area contributed by atoms with E-state index in [0.29, 0.717) is 17.1 Å². The van der Waals surface area contributed by atoms with E-state index in [0.717, 1.165) is 37.3 Å². The van der Waals surface area contributed by atoms with Crippen LogP contribution in [0.15, 0.2) is 30.3 Å². The second-order valence-electron chi connectivity index (χ2n) is 6.34. The molecular formula is C18H23N3O2. The lowest BCUT2D eigenvalue weighted by atomic mass is 9.79. The molecule has 1 aromatic heterocycles. The minimum Gasteiger partial charge on any atom is -0.507 e. The van der Waals surface area contributed by atoms with Gasteiger partial charge in [-0.25, -0.2) is 0 Å². The lowest BCUT2D eigenvalue weighted by Crippen LogP contribution is -2.30. The molecule has 1 aliphatic heterocycles. The number of aromatic amines is 1. The van der Waals surface area contributed by atoms with E-state index in [4.69, 9.17) is 16.2 Å². The number of ether oxygens (including phenoxy) is 1. The fraction of sp³-hybridized carbons (Fsp3) is 0.333. The van der Waals surface area contributed by atoms with Crippen molar-refractivity contribution in [2.24, 2.45) is 5.73 Å². The van der Waals surface area contributed by atoms with Crippen LogP contribution < -0.4 is 11.5 Å². The second kappa shape index (κ2) is 6.01. The van der Waals surface area contributed by atoms with Crippen LogP contribution in [0.2, 0.25) is 0 Å². The molecule has 6 N–H and O–H groups in total. The van der Waals surface area contributed by atoms with Crippen LogP contribution in [0.4, 0.5) is 5.82 Å². The number of anilines is 1. The van der Waals surface area contributed by atoms with Crippen molar-refractivity contribution in [3.05, 3.63) is 47.2 Å². The summed E-state index contributed by atoms with van der Waals surface area (Å²) >= 11 is 0. The summed E-state index contributed by atoms with van der Waals surface area (Å²) in [5, 5.41) is 9.90. The molecule has 1 fully saturated rings. The fourth-order valence-corrected chi connectivity index (χ4v) is 2.99. The van der Waals surface area contributed by atoms with Gasteiger partial charge < -0.3 is 26.3 Å². The molecule has 0 unspecified atom stereocenters. The Morgan fingerprint density at radius 2 is 2.00 bits per heavy atom. The van der Waals surface area contributed by atoms with Crippen molar-refractivity contribution in [2.45, 2.75) is 25.2 Å². The van der Waals surface area contributed by atoms with Gasteiger partial charge in [0.05, 0.1) is 0 Å². The molecule has 0 bridgehead atoms. The molecule has 0 saturated carbocycles. The topological polar surface area (TPSA) is 97.3 Å². The number of hydrogen-bond donors (Lipinski definition) is 4. The molecule has 1 saturated heterocycles. The van der Waals surface area contributed by atoms with Crippen LogP contribution in [-0.4, -0.2) is 23.3 Å². The smallest absolute Gasteiger partial charge is 0.124 e. The van der Waals surface area contributed by atoms with E-state index in [-0.39, 0.29) is 11.2 Å². The van der Waals surface area contributed by atoms with Crippen LogP contribution in [0.5, 0.6) is 5.75 Å². The first kappa shape index (κ1) is 15.5. The number of phenolic OH excluding ortho intramolecular Hbond substituents is 1. The largest absolute Gasteiger partial charge is 0.507 e. The highest BCUT2D eigenvalue weighted by atomic mass is 16.5. The van der Waals surface area contributed by atoms with E-state index in [1.54, 1.807) is 24.3 Å². The Morgan fingerprint density at radius 3 is 2.70 bits per heavy atom. The summed E-state index contributed by atoms with van der Waals surface area (Å²) < 4.78 is 5.45. The van der Waals surface area contributed by atoms with E-state index in [9.17, 15) is 5.11 Å². The van der Waals surface area contributed by atoms with Crippen LogP contribution in [0, 0.1) is 0 Å². The van der Waals surface area contributed by atoms with Crippen molar-refractivity contribution in [3.63, 3.8) is 0 Å². The van der Waals surface area contributed by atoms with Crippen LogP contribution in [-0.2, 0) is 10.2 Å². The maximum atomic E-state index is 9.90. The van der Waals surface area contributed by atoms with Crippen LogP contribution in [0.3, 0.4) is 0 Å². The van der Waals surface area contributed by atoms with Crippen molar-refractivity contribution in [2.75, 3.05) is 18.9 Å². The van der Waals surface area contributed by atoms with Gasteiger partial charge in [0.1, 0.15) is 11.6 Å². The van der Waals surface area contributed by atoms with Gasteiger partial charge in [0, 0.05) is 41.1 Å². The lowest BCUT2D eigenvalue weighted by molar-refractivity contribution is 0.0552. The number of para-hydroxylation sites is 1. The quantitative estimate of drug-likeness (QED) is 0.700. The standard InChI is InChI=1S/C18H23N3O2/c1-18(6-8-23-9-7-18)16-11-12(17(20)21-16)10-14(19)13-4-2-3-5-15(13)22/h2-5,10-11,21-22H,6-9,19-20H2,1H3/b14-10-. The molecule has 5 nitrogen and oxygen atoms in total. The molecule has 23 heavy (non-hydrogen) atoms. The molecule has 1 aromatic carbocycles. The second-order valence-corrected chi connectivity index (χ2v) is 6.34. The number of rotatable bonds is 3. The molecule has 1 aliphatic rings. The predicted octanol–water partition coefficient (Wildman–Crippen LogP) is 2.83. The maximum Gasteiger partial charge on any atom is 0.124 e. The zero-order chi connectivity index (χ0) is 16.4. The number of phenols is 1. The van der Waals surface area contributed by atoms with Gasteiger partial charge in [-0.15, -0.1) is 0 Å². The minimum absolute atomic E-state index is 0.0438. The molecule has 2 heterocycles. The number of hydrogen-bond acceptors (Lipinski definition) is 4. The van der Waals surface area contributed by atoms with Crippen LogP contribution in [0.1, 0.15) is 36.6 Å². The normalized spacial score (nSPS) is 18.0. The number of nitrogens with two attached hydrogens (primary N) is 2. The molecule has 2 aromatic rings. The summed E-state index contributed by atoms with van der Waals surface area (Å²) in [7, 11) is 0. The van der Waals surface area contributed by atoms with Crippen molar-refractivity contribution < 1.29 is 9.84 Å². The third kappa shape index (κ3) is 3.05. The van der Waals surface area contributed by atoms with E-state index in [2.05, 4.69) is 11.9 Å². The SMILES string of the molecule is CC1(c2cc(/C=C(\N)c3ccccc3O)c(N)[nH]2)CCOCC1. The molecular weight excluding hydrogens is 290 g/mol. The third-order valence-corrected chi connectivity index (χ3v) is 4.65. The zero-order valence-electron chi connectivity index (χ0n) is 13.3. The summed E-state index contributed by atoms with van der Waals surface area (Å²) in [5.41, 5.74) is 15.3. The van der Waals surface area contributed by atoms with Gasteiger partial charge in [-0.3, -0.25) is 0 Å². The first-order valence-electron chi connectivity index (χ1n) is 7.82. The van der Waals surface area contributed by atoms with Gasteiger partial charge in [-0.05, 0) is 37.1 Å². The lowest BCUT2D eigenvalue weighted by Gasteiger charge is -2.32. The molecule has 3 rings (SSSR count). The molecule has 0 aliphatic carbocycles. The van der Waals surface area contributed by atoms with Crippen LogP contribution >= 0.6 is 0 Å². The Hall–Kier alpha value is -2.40. The third-order valence-electron chi connectivity index (χ3n) is 4.65. The average molecular weight is 313 g/mol. The van der Waals surface area contributed by atoms with E-state index >= 15 is 0 Å². The number of H-pyrrole nitrogens is 1. The molecule has 0 radical (unpaired) electrons. The van der Waals surface area contributed by atoms with Crippen molar-refractivity contribution in [1.82, 2.24) is 4.98 Å². The number of nitrogen functional groups attached to an aromatic ring is 1. The number of aromatic hydroxyl groups is 1. The highest BCUT2D eigenvalue weighted by Gasteiger charge is 2.31. The van der Waals surface area contributed by atoms with Gasteiger partial charge in [0.25, 0.3) is 0 Å². The zero-order valence-corrected chi connectivity index (χ0v) is 13.3. The van der Waals surface area contributed by atoms with E-state index in [1.165, 1.54) is 0 Å². The monoisotopic (exact) mass is 313 g/mol. The summed E-state index contributed by atoms with van der Waals surface area (Å²) in [5.74, 6) is 0.748. The molecule has 5 heteroatoms. The van der Waals surface area contributed by atoms with Crippen molar-refractivity contribution in [3.8, 4) is 5.75 Å². The number of benzene rings is 1. The van der Waals surface area contributed by atoms with Gasteiger partial charge >= 0.3 is 0 Å². The van der Waals surface area contributed by atoms with Crippen molar-refractivity contribution in [1.29, 1.82) is 0 Å². The highest BCUT2D eigenvalue weighted by Crippen LogP contribution is 2.36. The Morgan fingerprint density at radius 1 is 1.30 bits per heavy atom. The summed E-state index contributed by atoms with van der Waals surface area (Å²) in [6.07, 6.45) is 3.73.